The number of ether oxygens (including phenoxy) is 2. The number of tetrazole rings is 1. The summed E-state index contributed by atoms with van der Waals surface area (Å²) in [6.07, 6.45) is 1.75. The van der Waals surface area contributed by atoms with Crippen molar-refractivity contribution < 1.29 is 29.3 Å². The molecular formula is C32H31ClN8O7. The summed E-state index contributed by atoms with van der Waals surface area (Å²) in [5, 5.41) is 31.3. The Hall–Kier alpha value is -5.38. The lowest BCUT2D eigenvalue weighted by Crippen LogP contribution is -2.42. The number of aliphatic carboxylic acids is 1. The van der Waals surface area contributed by atoms with E-state index in [4.69, 9.17) is 21.1 Å². The van der Waals surface area contributed by atoms with E-state index in [0.717, 1.165) is 21.7 Å². The first-order valence-electron chi connectivity index (χ1n) is 15.1. The van der Waals surface area contributed by atoms with Crippen molar-refractivity contribution in [2.45, 2.75) is 31.9 Å². The lowest BCUT2D eigenvalue weighted by molar-refractivity contribution is -0.150. The molecule has 1 aliphatic heterocycles. The van der Waals surface area contributed by atoms with Crippen molar-refractivity contribution >= 4 is 29.4 Å². The van der Waals surface area contributed by atoms with Gasteiger partial charge in [-0.2, -0.15) is 4.68 Å². The third-order valence-corrected chi connectivity index (χ3v) is 8.24. The summed E-state index contributed by atoms with van der Waals surface area (Å²) in [6.45, 7) is 2.07. The minimum Gasteiger partial charge on any atom is -0.479 e. The van der Waals surface area contributed by atoms with Crippen LogP contribution in [-0.4, -0.2) is 89.5 Å². The molecule has 0 fully saturated rings. The zero-order valence-corrected chi connectivity index (χ0v) is 26.4. The van der Waals surface area contributed by atoms with Crippen LogP contribution in [0.2, 0.25) is 5.02 Å². The summed E-state index contributed by atoms with van der Waals surface area (Å²) >= 11 is 6.32. The van der Waals surface area contributed by atoms with E-state index in [0.29, 0.717) is 47.2 Å². The van der Waals surface area contributed by atoms with Crippen LogP contribution in [0.25, 0.3) is 28.1 Å². The Morgan fingerprint density at radius 3 is 2.62 bits per heavy atom. The number of rotatable bonds is 13. The third kappa shape index (κ3) is 6.83. The number of anilines is 1. The molecule has 1 aliphatic rings. The molecule has 2 atom stereocenters. The number of hydrogen-bond donors (Lipinski definition) is 3. The van der Waals surface area contributed by atoms with Gasteiger partial charge in [-0.3, -0.25) is 9.69 Å². The number of nitrogens with one attached hydrogen (secondary N) is 1. The van der Waals surface area contributed by atoms with Gasteiger partial charge >= 0.3 is 12.1 Å². The van der Waals surface area contributed by atoms with Crippen molar-refractivity contribution in [1.82, 2.24) is 34.7 Å². The highest BCUT2D eigenvalue weighted by atomic mass is 35.5. The highest BCUT2D eigenvalue weighted by Crippen LogP contribution is 2.34. The number of aromatic amines is 1. The molecule has 6 rings (SSSR count). The smallest absolute Gasteiger partial charge is 0.411 e. The van der Waals surface area contributed by atoms with E-state index >= 15 is 0 Å². The van der Waals surface area contributed by atoms with Crippen LogP contribution in [0.1, 0.15) is 30.9 Å². The van der Waals surface area contributed by atoms with Crippen molar-refractivity contribution in [2.24, 2.45) is 0 Å². The van der Waals surface area contributed by atoms with Crippen molar-refractivity contribution in [3.63, 3.8) is 0 Å². The van der Waals surface area contributed by atoms with Crippen molar-refractivity contribution in [3.05, 3.63) is 94.0 Å². The molecule has 1 amide bonds. The second kappa shape index (κ2) is 14.2. The molecule has 15 nitrogen and oxygen atoms in total. The highest BCUT2D eigenvalue weighted by molar-refractivity contribution is 6.31. The van der Waals surface area contributed by atoms with Gasteiger partial charge in [0.25, 0.3) is 5.56 Å². The Morgan fingerprint density at radius 2 is 1.92 bits per heavy atom. The monoisotopic (exact) mass is 674 g/mol. The molecule has 0 spiro atoms. The van der Waals surface area contributed by atoms with Gasteiger partial charge in [-0.15, -0.1) is 5.10 Å². The van der Waals surface area contributed by atoms with Crippen molar-refractivity contribution in [1.29, 1.82) is 0 Å². The van der Waals surface area contributed by atoms with E-state index in [2.05, 4.69) is 25.5 Å². The van der Waals surface area contributed by atoms with Crippen LogP contribution in [0.5, 0.6) is 0 Å². The maximum absolute atomic E-state index is 13.5. The van der Waals surface area contributed by atoms with E-state index in [9.17, 15) is 24.6 Å². The molecule has 0 saturated carbocycles. The summed E-state index contributed by atoms with van der Waals surface area (Å²) < 4.78 is 13.8. The number of aryl methyl sites for hydroxylation is 1. The SMILES string of the molecule is CCOCCOC(CN(C(=O)O)c1ccc(-c2cnc([C@@H]3CCc4cc(-c5cc(Cl)ccc5-n5cnnn5)cc(=O)n43)[nH]2)cc1)C(=O)O. The van der Waals surface area contributed by atoms with Crippen LogP contribution < -0.4 is 10.5 Å². The minimum absolute atomic E-state index is 0.0167. The molecule has 3 N–H and O–H groups in total. The number of carboxylic acid groups (broad SMARTS) is 2. The first-order chi connectivity index (χ1) is 23.2. The first kappa shape index (κ1) is 32.6. The van der Waals surface area contributed by atoms with E-state index in [-0.39, 0.29) is 30.5 Å². The molecule has 48 heavy (non-hydrogen) atoms. The zero-order valence-electron chi connectivity index (χ0n) is 25.7. The number of H-pyrrole nitrogens is 1. The van der Waals surface area contributed by atoms with Crippen LogP contribution in [0, 0.1) is 0 Å². The predicted molar refractivity (Wildman–Crippen MR) is 174 cm³/mol. The number of pyridine rings is 1. The number of imidazole rings is 1. The number of nitrogens with zero attached hydrogens (tertiary/aromatic N) is 7. The molecular weight excluding hydrogens is 644 g/mol. The molecule has 16 heteroatoms. The molecule has 5 aromatic rings. The molecule has 0 saturated heterocycles. The zero-order chi connectivity index (χ0) is 33.8. The standard InChI is InChI=1S/C32H31ClN8O7/c1-2-47-11-12-48-28(31(43)44)17-39(32(45)46)22-6-3-19(4-7-22)25-16-34-30(36-25)27-10-8-23-13-20(14-29(42)41(23)27)24-15-21(33)5-9-26(24)40-18-35-37-38-40/h3-7,9,13-16,18,27-28H,2,8,10-12,17H2,1H3,(H,34,36)(H,43,44)(H,45,46)/t27-,28?/m0/s1. The fourth-order valence-corrected chi connectivity index (χ4v) is 5.92. The van der Waals surface area contributed by atoms with E-state index in [1.54, 1.807) is 66.2 Å². The second-order valence-electron chi connectivity index (χ2n) is 10.9. The van der Waals surface area contributed by atoms with Crippen LogP contribution in [0.3, 0.4) is 0 Å². The lowest BCUT2D eigenvalue weighted by atomic mass is 10.0. The largest absolute Gasteiger partial charge is 0.479 e. The van der Waals surface area contributed by atoms with E-state index in [1.165, 1.54) is 11.0 Å². The summed E-state index contributed by atoms with van der Waals surface area (Å²) in [7, 11) is 0. The van der Waals surface area contributed by atoms with E-state index in [1.807, 2.05) is 6.07 Å². The van der Waals surface area contributed by atoms with Crippen LogP contribution in [0.15, 0.2) is 71.9 Å². The summed E-state index contributed by atoms with van der Waals surface area (Å²) in [4.78, 5) is 46.1. The van der Waals surface area contributed by atoms with Gasteiger partial charge in [0, 0.05) is 34.6 Å². The Balaban J connectivity index is 1.20. The van der Waals surface area contributed by atoms with Gasteiger partial charge in [0.15, 0.2) is 6.10 Å². The molecule has 0 radical (unpaired) electrons. The maximum Gasteiger partial charge on any atom is 0.411 e. The van der Waals surface area contributed by atoms with Crippen LogP contribution in [-0.2, 0) is 20.7 Å². The summed E-state index contributed by atoms with van der Waals surface area (Å²) in [5.74, 6) is -0.665. The van der Waals surface area contributed by atoms with Crippen molar-refractivity contribution in [2.75, 3.05) is 31.3 Å². The van der Waals surface area contributed by atoms with Gasteiger partial charge in [-0.1, -0.05) is 23.7 Å². The van der Waals surface area contributed by atoms with Gasteiger partial charge < -0.3 is 29.2 Å². The topological polar surface area (TPSA) is 191 Å². The van der Waals surface area contributed by atoms with Gasteiger partial charge in [0.05, 0.1) is 43.4 Å². The summed E-state index contributed by atoms with van der Waals surface area (Å²) in [6, 6.07) is 15.1. The quantitative estimate of drug-likeness (QED) is 0.153. The minimum atomic E-state index is -1.37. The number of hydrogen-bond acceptors (Lipinski definition) is 9. The van der Waals surface area contributed by atoms with Crippen LogP contribution >= 0.6 is 11.6 Å². The van der Waals surface area contributed by atoms with Crippen molar-refractivity contribution in [3.8, 4) is 28.1 Å². The van der Waals surface area contributed by atoms with E-state index < -0.39 is 24.7 Å². The number of halogens is 1. The number of benzene rings is 2. The highest BCUT2D eigenvalue weighted by Gasteiger charge is 2.29. The molecule has 2 aromatic carbocycles. The Morgan fingerprint density at radius 1 is 1.10 bits per heavy atom. The number of carbonyl (C=O) groups is 2. The summed E-state index contributed by atoms with van der Waals surface area (Å²) in [5.41, 5.74) is 4.43. The number of fused-ring (bicyclic) bond motifs is 1. The molecule has 3 aromatic heterocycles. The average molecular weight is 675 g/mol. The fraction of sp³-hybridized carbons (Fsp3) is 0.281. The molecule has 0 aliphatic carbocycles. The van der Waals surface area contributed by atoms with Gasteiger partial charge in [0.1, 0.15) is 12.2 Å². The predicted octanol–water partition coefficient (Wildman–Crippen LogP) is 4.06. The maximum atomic E-state index is 13.5. The van der Waals surface area contributed by atoms with Gasteiger partial charge in [-0.05, 0) is 77.7 Å². The molecule has 1 unspecified atom stereocenters. The number of amides is 1. The number of carboxylic acids is 1. The van der Waals surface area contributed by atoms with Crippen LogP contribution in [0.4, 0.5) is 10.5 Å². The first-order valence-corrected chi connectivity index (χ1v) is 15.5. The Bertz CT molecular complexity index is 1980. The normalized spacial score (nSPS) is 14.5. The lowest BCUT2D eigenvalue weighted by Gasteiger charge is -2.23. The Kier molecular flexibility index (Phi) is 9.61. The average Bonchev–Trinajstić information content (AvgIpc) is 3.86. The molecule has 4 heterocycles. The molecule has 0 bridgehead atoms. The number of aromatic nitrogens is 7. The fourth-order valence-electron chi connectivity index (χ4n) is 5.75. The van der Waals surface area contributed by atoms with Gasteiger partial charge in [0.2, 0.25) is 0 Å². The Labute approximate surface area is 278 Å². The third-order valence-electron chi connectivity index (χ3n) is 8.01. The van der Waals surface area contributed by atoms with Gasteiger partial charge in [-0.25, -0.2) is 14.6 Å². The molecule has 248 valence electrons. The second-order valence-corrected chi connectivity index (χ2v) is 11.4.